The summed E-state index contributed by atoms with van der Waals surface area (Å²) in [5.74, 6) is -0.00639. The third-order valence-electron chi connectivity index (χ3n) is 2.24. The van der Waals surface area contributed by atoms with Gasteiger partial charge in [-0.3, -0.25) is 4.79 Å². The number of nitrogens with zero attached hydrogens (tertiary/aromatic N) is 1. The van der Waals surface area contributed by atoms with E-state index in [4.69, 9.17) is 0 Å². The summed E-state index contributed by atoms with van der Waals surface area (Å²) in [6, 6.07) is 9.83. The first-order valence-corrected chi connectivity index (χ1v) is 5.12. The van der Waals surface area contributed by atoms with Gasteiger partial charge in [0.05, 0.1) is 12.7 Å². The van der Waals surface area contributed by atoms with E-state index in [1.165, 1.54) is 0 Å². The Morgan fingerprint density at radius 1 is 1.31 bits per heavy atom. The fourth-order valence-electron chi connectivity index (χ4n) is 1.41. The molecule has 0 radical (unpaired) electrons. The number of aromatic amines is 1. The Morgan fingerprint density at radius 3 is 2.81 bits per heavy atom. The Hall–Kier alpha value is -2.10. The number of imidazole rings is 1. The molecule has 0 fully saturated rings. The average molecular weight is 215 g/mol. The summed E-state index contributed by atoms with van der Waals surface area (Å²) in [6.45, 7) is 0.563. The van der Waals surface area contributed by atoms with Crippen LogP contribution in [0, 0.1) is 0 Å². The lowest BCUT2D eigenvalue weighted by atomic mass is 10.2. The van der Waals surface area contributed by atoms with E-state index < -0.39 is 0 Å². The smallest absolute Gasteiger partial charge is 0.226 e. The minimum atomic E-state index is -0.00639. The van der Waals surface area contributed by atoms with E-state index in [-0.39, 0.29) is 5.91 Å². The molecule has 0 bridgehead atoms. The zero-order chi connectivity index (χ0) is 11.2. The third kappa shape index (κ3) is 2.95. The number of aromatic nitrogens is 2. The van der Waals surface area contributed by atoms with Gasteiger partial charge < -0.3 is 10.3 Å². The summed E-state index contributed by atoms with van der Waals surface area (Å²) in [5.41, 5.74) is 1.92. The van der Waals surface area contributed by atoms with Crippen LogP contribution in [-0.2, 0) is 17.8 Å². The fourth-order valence-corrected chi connectivity index (χ4v) is 1.41. The van der Waals surface area contributed by atoms with Gasteiger partial charge in [-0.2, -0.15) is 0 Å². The molecule has 0 atom stereocenters. The molecule has 1 aromatic heterocycles. The van der Waals surface area contributed by atoms with Gasteiger partial charge in [-0.15, -0.1) is 0 Å². The largest absolute Gasteiger partial charge is 0.352 e. The Labute approximate surface area is 93.7 Å². The highest BCUT2D eigenvalue weighted by Gasteiger charge is 2.03. The van der Waals surface area contributed by atoms with E-state index in [9.17, 15) is 4.79 Å². The molecule has 2 rings (SSSR count). The van der Waals surface area contributed by atoms with Gasteiger partial charge in [0.2, 0.25) is 5.91 Å². The van der Waals surface area contributed by atoms with Crippen molar-refractivity contribution in [3.8, 4) is 0 Å². The molecule has 1 heterocycles. The Bertz CT molecular complexity index is 437. The lowest BCUT2D eigenvalue weighted by Crippen LogP contribution is -2.24. The maximum atomic E-state index is 11.5. The third-order valence-corrected chi connectivity index (χ3v) is 2.24. The summed E-state index contributed by atoms with van der Waals surface area (Å²) in [5, 5.41) is 2.85. The van der Waals surface area contributed by atoms with Gasteiger partial charge in [0, 0.05) is 18.4 Å². The van der Waals surface area contributed by atoms with Crippen molar-refractivity contribution in [3.05, 3.63) is 54.1 Å². The molecule has 82 valence electrons. The number of nitrogens with one attached hydrogen (secondary N) is 2. The molecule has 16 heavy (non-hydrogen) atoms. The number of H-pyrrole nitrogens is 1. The van der Waals surface area contributed by atoms with E-state index in [1.54, 1.807) is 12.5 Å². The van der Waals surface area contributed by atoms with Crippen molar-refractivity contribution in [1.82, 2.24) is 15.3 Å². The zero-order valence-electron chi connectivity index (χ0n) is 8.81. The van der Waals surface area contributed by atoms with Crippen LogP contribution >= 0.6 is 0 Å². The van der Waals surface area contributed by atoms with E-state index in [0.717, 1.165) is 11.3 Å². The first-order chi connectivity index (χ1) is 7.84. The number of carbonyl (C=O) groups excluding carboxylic acids is 1. The monoisotopic (exact) mass is 215 g/mol. The van der Waals surface area contributed by atoms with Crippen molar-refractivity contribution in [2.45, 2.75) is 13.0 Å². The molecule has 2 N–H and O–H groups in total. The molecule has 0 saturated heterocycles. The first-order valence-electron chi connectivity index (χ1n) is 5.12. The van der Waals surface area contributed by atoms with E-state index in [1.807, 2.05) is 30.3 Å². The lowest BCUT2D eigenvalue weighted by molar-refractivity contribution is -0.120. The lowest BCUT2D eigenvalue weighted by Gasteiger charge is -2.03. The molecule has 4 nitrogen and oxygen atoms in total. The summed E-state index contributed by atoms with van der Waals surface area (Å²) in [7, 11) is 0. The summed E-state index contributed by atoms with van der Waals surface area (Å²) >= 11 is 0. The van der Waals surface area contributed by atoms with Crippen molar-refractivity contribution >= 4 is 5.91 Å². The average Bonchev–Trinajstić information content (AvgIpc) is 2.81. The van der Waals surface area contributed by atoms with Crippen LogP contribution in [0.3, 0.4) is 0 Å². The molecule has 0 aliphatic carbocycles. The normalized spacial score (nSPS) is 10.0. The highest BCUT2D eigenvalue weighted by atomic mass is 16.1. The standard InChI is InChI=1S/C12H13N3O/c16-12(6-11-8-13-9-15-11)14-7-10-4-2-1-3-5-10/h1-5,8-9H,6-7H2,(H,13,15)(H,14,16). The maximum Gasteiger partial charge on any atom is 0.226 e. The molecule has 0 aliphatic heterocycles. The Kier molecular flexibility index (Phi) is 3.33. The van der Waals surface area contributed by atoms with Gasteiger partial charge in [0.15, 0.2) is 0 Å². The predicted octanol–water partition coefficient (Wildman–Crippen LogP) is 1.27. The number of hydrogen-bond donors (Lipinski definition) is 2. The molecule has 0 spiro atoms. The van der Waals surface area contributed by atoms with Crippen molar-refractivity contribution in [2.75, 3.05) is 0 Å². The second kappa shape index (κ2) is 5.11. The van der Waals surface area contributed by atoms with E-state index in [2.05, 4.69) is 15.3 Å². The summed E-state index contributed by atoms with van der Waals surface area (Å²) < 4.78 is 0. The highest BCUT2D eigenvalue weighted by molar-refractivity contribution is 5.77. The number of carbonyl (C=O) groups is 1. The second-order valence-electron chi connectivity index (χ2n) is 3.52. The first kappa shape index (κ1) is 10.4. The van der Waals surface area contributed by atoms with Crippen LogP contribution in [0.25, 0.3) is 0 Å². The van der Waals surface area contributed by atoms with Gasteiger partial charge in [-0.1, -0.05) is 30.3 Å². The second-order valence-corrected chi connectivity index (χ2v) is 3.52. The number of amides is 1. The number of hydrogen-bond acceptors (Lipinski definition) is 2. The Morgan fingerprint density at radius 2 is 2.12 bits per heavy atom. The number of rotatable bonds is 4. The molecule has 0 aliphatic rings. The molecule has 4 heteroatoms. The van der Waals surface area contributed by atoms with Crippen LogP contribution in [-0.4, -0.2) is 15.9 Å². The van der Waals surface area contributed by atoms with E-state index >= 15 is 0 Å². The minimum absolute atomic E-state index is 0.00639. The molecular weight excluding hydrogens is 202 g/mol. The fraction of sp³-hybridized carbons (Fsp3) is 0.167. The topological polar surface area (TPSA) is 57.8 Å². The highest BCUT2D eigenvalue weighted by Crippen LogP contribution is 1.98. The van der Waals surface area contributed by atoms with Gasteiger partial charge in [0.1, 0.15) is 0 Å². The van der Waals surface area contributed by atoms with Crippen molar-refractivity contribution in [3.63, 3.8) is 0 Å². The summed E-state index contributed by atoms with van der Waals surface area (Å²) in [4.78, 5) is 18.3. The Balaban J connectivity index is 1.80. The van der Waals surface area contributed by atoms with Crippen LogP contribution in [0.1, 0.15) is 11.3 Å². The van der Waals surface area contributed by atoms with Crippen molar-refractivity contribution < 1.29 is 4.79 Å². The quantitative estimate of drug-likeness (QED) is 0.806. The van der Waals surface area contributed by atoms with E-state index in [0.29, 0.717) is 13.0 Å². The molecule has 0 unspecified atom stereocenters. The van der Waals surface area contributed by atoms with Crippen LogP contribution in [0.2, 0.25) is 0 Å². The number of benzene rings is 1. The zero-order valence-corrected chi connectivity index (χ0v) is 8.81. The SMILES string of the molecule is O=C(Cc1cnc[nH]1)NCc1ccccc1. The summed E-state index contributed by atoms with van der Waals surface area (Å²) in [6.07, 6.45) is 3.56. The van der Waals surface area contributed by atoms with Gasteiger partial charge in [-0.25, -0.2) is 4.98 Å². The predicted molar refractivity (Wildman–Crippen MR) is 60.6 cm³/mol. The van der Waals surface area contributed by atoms with Crippen LogP contribution in [0.15, 0.2) is 42.9 Å². The van der Waals surface area contributed by atoms with Gasteiger partial charge in [0.25, 0.3) is 0 Å². The van der Waals surface area contributed by atoms with Crippen molar-refractivity contribution in [1.29, 1.82) is 0 Å². The van der Waals surface area contributed by atoms with Crippen molar-refractivity contribution in [2.24, 2.45) is 0 Å². The maximum absolute atomic E-state index is 11.5. The molecule has 1 aromatic carbocycles. The molecule has 0 saturated carbocycles. The molecule has 2 aromatic rings. The molecule has 1 amide bonds. The van der Waals surface area contributed by atoms with Crippen LogP contribution in [0.4, 0.5) is 0 Å². The molecular formula is C12H13N3O. The minimum Gasteiger partial charge on any atom is -0.352 e. The van der Waals surface area contributed by atoms with Gasteiger partial charge >= 0.3 is 0 Å². The van der Waals surface area contributed by atoms with Crippen LogP contribution < -0.4 is 5.32 Å². The van der Waals surface area contributed by atoms with Crippen LogP contribution in [0.5, 0.6) is 0 Å². The van der Waals surface area contributed by atoms with Gasteiger partial charge in [-0.05, 0) is 5.56 Å².